The summed E-state index contributed by atoms with van der Waals surface area (Å²) in [6.07, 6.45) is 0. The first kappa shape index (κ1) is 16.6. The number of carbonyl (C=O) groups excluding carboxylic acids is 1. The van der Waals surface area contributed by atoms with Crippen LogP contribution in [0.1, 0.15) is 22.8 Å². The van der Waals surface area contributed by atoms with Crippen molar-refractivity contribution >= 4 is 28.6 Å². The lowest BCUT2D eigenvalue weighted by atomic mass is 10.1. The highest BCUT2D eigenvalue weighted by molar-refractivity contribution is 7.99. The summed E-state index contributed by atoms with van der Waals surface area (Å²) in [7, 11) is 1.59. The first-order valence-electron chi connectivity index (χ1n) is 7.90. The summed E-state index contributed by atoms with van der Waals surface area (Å²) in [4.78, 5) is 17.3. The zero-order valence-corrected chi connectivity index (χ0v) is 14.9. The third-order valence-corrected chi connectivity index (χ3v) is 4.90. The number of methoxy groups -OCH3 is 1. The van der Waals surface area contributed by atoms with Gasteiger partial charge < -0.3 is 9.30 Å². The number of aromatic nitrogens is 2. The van der Waals surface area contributed by atoms with Crippen molar-refractivity contribution in [2.24, 2.45) is 0 Å². The van der Waals surface area contributed by atoms with Crippen LogP contribution in [0.2, 0.25) is 0 Å². The monoisotopic (exact) mass is 340 g/mol. The fraction of sp³-hybridized carbons (Fsp3) is 0.263. The molecule has 0 saturated carbocycles. The van der Waals surface area contributed by atoms with Gasteiger partial charge in [0.05, 0.1) is 29.5 Å². The molecule has 0 unspecified atom stereocenters. The molecule has 4 nitrogen and oxygen atoms in total. The number of hydrogen-bond donors (Lipinski definition) is 0. The number of nitrogens with zero attached hydrogens (tertiary/aromatic N) is 2. The van der Waals surface area contributed by atoms with Crippen LogP contribution in [-0.4, -0.2) is 28.2 Å². The van der Waals surface area contributed by atoms with Gasteiger partial charge in [0.25, 0.3) is 0 Å². The minimum atomic E-state index is 0.0512. The molecule has 2 aromatic carbocycles. The van der Waals surface area contributed by atoms with E-state index in [4.69, 9.17) is 4.74 Å². The molecule has 1 heterocycles. The Morgan fingerprint density at radius 2 is 2.04 bits per heavy atom. The van der Waals surface area contributed by atoms with Crippen LogP contribution in [0.25, 0.3) is 11.0 Å². The fourth-order valence-corrected chi connectivity index (χ4v) is 3.68. The third kappa shape index (κ3) is 3.17. The third-order valence-electron chi connectivity index (χ3n) is 3.92. The van der Waals surface area contributed by atoms with Gasteiger partial charge in [-0.3, -0.25) is 4.79 Å². The Kier molecular flexibility index (Phi) is 4.90. The lowest BCUT2D eigenvalue weighted by Gasteiger charge is -2.09. The number of hydrogen-bond acceptors (Lipinski definition) is 4. The highest BCUT2D eigenvalue weighted by Gasteiger charge is 2.16. The summed E-state index contributed by atoms with van der Waals surface area (Å²) in [5.74, 6) is 1.01. The molecule has 5 heteroatoms. The highest BCUT2D eigenvalue weighted by atomic mass is 32.2. The topological polar surface area (TPSA) is 44.1 Å². The molecule has 0 spiro atoms. The van der Waals surface area contributed by atoms with Gasteiger partial charge in [-0.2, -0.15) is 0 Å². The molecule has 24 heavy (non-hydrogen) atoms. The molecule has 124 valence electrons. The molecule has 3 rings (SSSR count). The normalized spacial score (nSPS) is 11.0. The predicted octanol–water partition coefficient (Wildman–Crippen LogP) is 4.35. The first-order valence-corrected chi connectivity index (χ1v) is 8.88. The zero-order valence-electron chi connectivity index (χ0n) is 14.1. The molecule has 3 aromatic rings. The number of Topliss-reactive ketones (excluding diaryl/α,β-unsaturated/α-hetero) is 1. The van der Waals surface area contributed by atoms with E-state index in [1.54, 1.807) is 7.11 Å². The maximum Gasteiger partial charge on any atom is 0.176 e. The molecule has 0 amide bonds. The number of thioether (sulfide) groups is 1. The van der Waals surface area contributed by atoms with Crippen molar-refractivity contribution in [1.29, 1.82) is 0 Å². The van der Waals surface area contributed by atoms with Gasteiger partial charge in [-0.25, -0.2) is 4.98 Å². The molecule has 0 aliphatic rings. The van der Waals surface area contributed by atoms with Crippen molar-refractivity contribution in [2.45, 2.75) is 25.5 Å². The Bertz CT molecular complexity index is 886. The molecule has 0 N–H and O–H groups in total. The molecular weight excluding hydrogens is 320 g/mol. The van der Waals surface area contributed by atoms with Crippen LogP contribution in [0.4, 0.5) is 0 Å². The van der Waals surface area contributed by atoms with Gasteiger partial charge in [0.2, 0.25) is 0 Å². The van der Waals surface area contributed by atoms with E-state index in [0.29, 0.717) is 17.1 Å². The maximum atomic E-state index is 12.6. The Hall–Kier alpha value is -2.27. The van der Waals surface area contributed by atoms with Crippen LogP contribution in [0.15, 0.2) is 47.6 Å². The Morgan fingerprint density at radius 1 is 1.25 bits per heavy atom. The van der Waals surface area contributed by atoms with Gasteiger partial charge >= 0.3 is 0 Å². The number of ether oxygens (including phenoxy) is 1. The van der Waals surface area contributed by atoms with Crippen molar-refractivity contribution in [3.8, 4) is 5.75 Å². The largest absolute Gasteiger partial charge is 0.496 e. The summed E-state index contributed by atoms with van der Waals surface area (Å²) in [6, 6.07) is 13.7. The van der Waals surface area contributed by atoms with E-state index >= 15 is 0 Å². The Morgan fingerprint density at radius 3 is 2.79 bits per heavy atom. The first-order chi connectivity index (χ1) is 11.6. The van der Waals surface area contributed by atoms with Crippen LogP contribution in [0, 0.1) is 6.92 Å². The molecule has 0 saturated heterocycles. The molecule has 0 atom stereocenters. The number of ketones is 1. The van der Waals surface area contributed by atoms with Gasteiger partial charge in [0.1, 0.15) is 5.75 Å². The SMILES string of the molecule is CCn1c(SCC(=O)c2cc(C)ccc2OC)nc2ccccc21. The average molecular weight is 340 g/mol. The lowest BCUT2D eigenvalue weighted by Crippen LogP contribution is -2.07. The number of fused-ring (bicyclic) bond motifs is 1. The number of para-hydroxylation sites is 2. The van der Waals surface area contributed by atoms with Crippen LogP contribution in [-0.2, 0) is 6.54 Å². The van der Waals surface area contributed by atoms with E-state index in [-0.39, 0.29) is 5.78 Å². The summed E-state index contributed by atoms with van der Waals surface area (Å²) >= 11 is 1.47. The Balaban J connectivity index is 1.83. The second kappa shape index (κ2) is 7.09. The van der Waals surface area contributed by atoms with E-state index in [1.807, 2.05) is 43.3 Å². The average Bonchev–Trinajstić information content (AvgIpc) is 2.97. The second-order valence-electron chi connectivity index (χ2n) is 5.54. The van der Waals surface area contributed by atoms with Crippen molar-refractivity contribution in [3.05, 3.63) is 53.6 Å². The van der Waals surface area contributed by atoms with Gasteiger partial charge in [-0.1, -0.05) is 35.5 Å². The predicted molar refractivity (Wildman–Crippen MR) is 98.2 cm³/mol. The molecule has 1 aromatic heterocycles. The van der Waals surface area contributed by atoms with E-state index in [2.05, 4.69) is 22.5 Å². The molecular formula is C19H20N2O2S. The quantitative estimate of drug-likeness (QED) is 0.494. The summed E-state index contributed by atoms with van der Waals surface area (Å²) in [5, 5.41) is 0.874. The Labute approximate surface area is 145 Å². The number of imidazole rings is 1. The number of aryl methyl sites for hydroxylation is 2. The second-order valence-corrected chi connectivity index (χ2v) is 6.49. The van der Waals surface area contributed by atoms with E-state index in [1.165, 1.54) is 11.8 Å². The van der Waals surface area contributed by atoms with E-state index in [0.717, 1.165) is 28.3 Å². The van der Waals surface area contributed by atoms with Crippen LogP contribution >= 0.6 is 11.8 Å². The number of rotatable bonds is 6. The smallest absolute Gasteiger partial charge is 0.176 e. The van der Waals surface area contributed by atoms with E-state index in [9.17, 15) is 4.79 Å². The van der Waals surface area contributed by atoms with Crippen molar-refractivity contribution in [3.63, 3.8) is 0 Å². The zero-order chi connectivity index (χ0) is 17.1. The minimum Gasteiger partial charge on any atom is -0.496 e. The van der Waals surface area contributed by atoms with Crippen molar-refractivity contribution in [2.75, 3.05) is 12.9 Å². The summed E-state index contributed by atoms with van der Waals surface area (Å²) in [5.41, 5.74) is 3.74. The number of carbonyl (C=O) groups is 1. The van der Waals surface area contributed by atoms with Gasteiger partial charge in [-0.15, -0.1) is 0 Å². The highest BCUT2D eigenvalue weighted by Crippen LogP contribution is 2.27. The van der Waals surface area contributed by atoms with Crippen molar-refractivity contribution in [1.82, 2.24) is 9.55 Å². The maximum absolute atomic E-state index is 12.6. The summed E-state index contributed by atoms with van der Waals surface area (Å²) < 4.78 is 7.46. The lowest BCUT2D eigenvalue weighted by molar-refractivity contribution is 0.101. The standard InChI is InChI=1S/C19H20N2O2S/c1-4-21-16-8-6-5-7-15(16)20-19(21)24-12-17(22)14-11-13(2)9-10-18(14)23-3/h5-11H,4,12H2,1-3H3. The van der Waals surface area contributed by atoms with E-state index < -0.39 is 0 Å². The van der Waals surface area contributed by atoms with Gasteiger partial charge in [0.15, 0.2) is 10.9 Å². The fourth-order valence-electron chi connectivity index (χ4n) is 2.72. The van der Waals surface area contributed by atoms with Crippen LogP contribution in [0.5, 0.6) is 5.75 Å². The molecule has 0 aliphatic heterocycles. The van der Waals surface area contributed by atoms with Gasteiger partial charge in [-0.05, 0) is 38.1 Å². The number of benzene rings is 2. The molecule has 0 fully saturated rings. The minimum absolute atomic E-state index is 0.0512. The van der Waals surface area contributed by atoms with Gasteiger partial charge in [0, 0.05) is 6.54 Å². The molecule has 0 radical (unpaired) electrons. The summed E-state index contributed by atoms with van der Waals surface area (Å²) in [6.45, 7) is 4.88. The van der Waals surface area contributed by atoms with Crippen LogP contribution in [0.3, 0.4) is 0 Å². The van der Waals surface area contributed by atoms with Crippen molar-refractivity contribution < 1.29 is 9.53 Å². The molecule has 0 aliphatic carbocycles. The molecule has 0 bridgehead atoms. The van der Waals surface area contributed by atoms with Crippen LogP contribution < -0.4 is 4.74 Å².